The summed E-state index contributed by atoms with van der Waals surface area (Å²) in [4.78, 5) is 0. The molecule has 2 fully saturated rings. The van der Waals surface area contributed by atoms with Gasteiger partial charge in [0.2, 0.25) is 0 Å². The highest BCUT2D eigenvalue weighted by molar-refractivity contribution is 4.82. The summed E-state index contributed by atoms with van der Waals surface area (Å²) in [5, 5.41) is 0. The van der Waals surface area contributed by atoms with Crippen molar-refractivity contribution in [3.8, 4) is 0 Å². The minimum Gasteiger partial charge on any atom is -0.103 e. The molecule has 0 aromatic carbocycles. The number of hydrogen-bond donors (Lipinski definition) is 0. The van der Waals surface area contributed by atoms with Crippen LogP contribution < -0.4 is 0 Å². The van der Waals surface area contributed by atoms with E-state index in [1.165, 1.54) is 64.2 Å². The van der Waals surface area contributed by atoms with E-state index in [9.17, 15) is 0 Å². The second kappa shape index (κ2) is 9.64. The second-order valence-electron chi connectivity index (χ2n) is 7.22. The first-order chi connectivity index (χ1) is 9.33. The van der Waals surface area contributed by atoms with Crippen molar-refractivity contribution in [2.75, 3.05) is 0 Å². The van der Waals surface area contributed by atoms with Crippen LogP contribution in [-0.2, 0) is 0 Å². The van der Waals surface area contributed by atoms with E-state index in [-0.39, 0.29) is 7.43 Å². The molecule has 0 unspecified atom stereocenters. The van der Waals surface area contributed by atoms with E-state index in [1.54, 1.807) is 12.8 Å². The largest absolute Gasteiger partial charge is 0.103 e. The Kier molecular flexibility index (Phi) is 8.57. The Bertz CT molecular complexity index is 239. The fraction of sp³-hybridized carbons (Fsp3) is 0.900. The smallest absolute Gasteiger partial charge is 0.0351 e. The van der Waals surface area contributed by atoms with Gasteiger partial charge in [0.1, 0.15) is 0 Å². The van der Waals surface area contributed by atoms with Gasteiger partial charge < -0.3 is 0 Å². The van der Waals surface area contributed by atoms with Crippen molar-refractivity contribution in [2.45, 2.75) is 91.4 Å². The van der Waals surface area contributed by atoms with Crippen LogP contribution in [0.3, 0.4) is 0 Å². The molecule has 0 N–H and O–H groups in total. The average molecular weight is 279 g/mol. The molecule has 0 spiro atoms. The molecule has 2 aliphatic rings. The quantitative estimate of drug-likeness (QED) is 0.459. The monoisotopic (exact) mass is 278 g/mol. The molecule has 2 aliphatic carbocycles. The van der Waals surface area contributed by atoms with Crippen LogP contribution in [0.1, 0.15) is 91.4 Å². The van der Waals surface area contributed by atoms with E-state index in [0.717, 1.165) is 23.7 Å². The maximum Gasteiger partial charge on any atom is -0.0351 e. The summed E-state index contributed by atoms with van der Waals surface area (Å²) in [6.45, 7) is 6.20. The molecule has 0 saturated heterocycles. The first-order valence-corrected chi connectivity index (χ1v) is 8.94. The summed E-state index contributed by atoms with van der Waals surface area (Å²) in [5.74, 6) is 4.27. The first-order valence-electron chi connectivity index (χ1n) is 8.94. The fourth-order valence-electron chi connectivity index (χ4n) is 4.66. The summed E-state index contributed by atoms with van der Waals surface area (Å²) in [7, 11) is 0. The summed E-state index contributed by atoms with van der Waals surface area (Å²) in [5.41, 5.74) is 0. The van der Waals surface area contributed by atoms with Crippen LogP contribution >= 0.6 is 0 Å². The summed E-state index contributed by atoms with van der Waals surface area (Å²) < 4.78 is 0. The van der Waals surface area contributed by atoms with Gasteiger partial charge in [0, 0.05) is 0 Å². The minimum absolute atomic E-state index is 0. The maximum atomic E-state index is 3.86. The lowest BCUT2D eigenvalue weighted by Gasteiger charge is -2.38. The SMILES string of the molecule is C.C=CCCC1CCC(C2CCC(CCC)CC2)CC1. The highest BCUT2D eigenvalue weighted by atomic mass is 14.4. The predicted octanol–water partition coefficient (Wildman–Crippen LogP) is 7.00. The molecular weight excluding hydrogens is 240 g/mol. The lowest BCUT2D eigenvalue weighted by atomic mass is 9.68. The van der Waals surface area contributed by atoms with Gasteiger partial charge in [-0.2, -0.15) is 0 Å². The van der Waals surface area contributed by atoms with Crippen LogP contribution in [0, 0.1) is 23.7 Å². The Morgan fingerprint density at radius 2 is 1.25 bits per heavy atom. The topological polar surface area (TPSA) is 0 Å². The Labute approximate surface area is 128 Å². The van der Waals surface area contributed by atoms with Gasteiger partial charge in [-0.25, -0.2) is 0 Å². The molecule has 0 atom stereocenters. The lowest BCUT2D eigenvalue weighted by Crippen LogP contribution is -2.25. The molecular formula is C20H38. The van der Waals surface area contributed by atoms with Gasteiger partial charge in [-0.1, -0.05) is 59.0 Å². The molecule has 2 saturated carbocycles. The Morgan fingerprint density at radius 3 is 1.65 bits per heavy atom. The van der Waals surface area contributed by atoms with Crippen molar-refractivity contribution in [1.29, 1.82) is 0 Å². The Balaban J connectivity index is 0.00000200. The van der Waals surface area contributed by atoms with Crippen LogP contribution in [0.2, 0.25) is 0 Å². The summed E-state index contributed by atoms with van der Waals surface area (Å²) in [6.07, 6.45) is 19.9. The van der Waals surface area contributed by atoms with Crippen LogP contribution in [-0.4, -0.2) is 0 Å². The van der Waals surface area contributed by atoms with Gasteiger partial charge in [-0.3, -0.25) is 0 Å². The zero-order valence-electron chi connectivity index (χ0n) is 13.1. The van der Waals surface area contributed by atoms with Crippen molar-refractivity contribution >= 4 is 0 Å². The summed E-state index contributed by atoms with van der Waals surface area (Å²) >= 11 is 0. The highest BCUT2D eigenvalue weighted by Gasteiger charge is 2.30. The van der Waals surface area contributed by atoms with E-state index >= 15 is 0 Å². The van der Waals surface area contributed by atoms with E-state index in [1.807, 2.05) is 0 Å². The third-order valence-corrected chi connectivity index (χ3v) is 5.93. The van der Waals surface area contributed by atoms with E-state index in [2.05, 4.69) is 19.6 Å². The lowest BCUT2D eigenvalue weighted by molar-refractivity contribution is 0.141. The molecule has 0 heterocycles. The van der Waals surface area contributed by atoms with E-state index in [4.69, 9.17) is 0 Å². The molecule has 2 rings (SSSR count). The Morgan fingerprint density at radius 1 is 0.800 bits per heavy atom. The molecule has 0 radical (unpaired) electrons. The number of allylic oxidation sites excluding steroid dienone is 1. The van der Waals surface area contributed by atoms with Crippen molar-refractivity contribution in [3.63, 3.8) is 0 Å². The third kappa shape index (κ3) is 5.26. The average Bonchev–Trinajstić information content (AvgIpc) is 2.47. The number of hydrogen-bond acceptors (Lipinski definition) is 0. The standard InChI is InChI=1S/C19H34.CH4/c1-3-5-7-17-10-14-19(15-11-17)18-12-8-16(6-4-2)9-13-18;/h3,16-19H,1,4-15H2,2H3;1H4. The van der Waals surface area contributed by atoms with Crippen molar-refractivity contribution < 1.29 is 0 Å². The molecule has 0 heteroatoms. The maximum absolute atomic E-state index is 3.86. The van der Waals surface area contributed by atoms with Gasteiger partial charge in [0.15, 0.2) is 0 Å². The third-order valence-electron chi connectivity index (χ3n) is 5.93. The van der Waals surface area contributed by atoms with Gasteiger partial charge in [-0.05, 0) is 62.2 Å². The molecule has 0 aromatic heterocycles. The van der Waals surface area contributed by atoms with Crippen LogP contribution in [0.25, 0.3) is 0 Å². The first kappa shape index (κ1) is 17.8. The summed E-state index contributed by atoms with van der Waals surface area (Å²) in [6, 6.07) is 0. The van der Waals surface area contributed by atoms with Crippen LogP contribution in [0.5, 0.6) is 0 Å². The predicted molar refractivity (Wildman–Crippen MR) is 92.0 cm³/mol. The van der Waals surface area contributed by atoms with Crippen LogP contribution in [0.15, 0.2) is 12.7 Å². The molecule has 118 valence electrons. The van der Waals surface area contributed by atoms with E-state index in [0.29, 0.717) is 0 Å². The highest BCUT2D eigenvalue weighted by Crippen LogP contribution is 2.42. The molecule has 0 aliphatic heterocycles. The van der Waals surface area contributed by atoms with Gasteiger partial charge in [0.05, 0.1) is 0 Å². The molecule has 0 amide bonds. The van der Waals surface area contributed by atoms with E-state index < -0.39 is 0 Å². The molecule has 0 bridgehead atoms. The molecule has 0 nitrogen and oxygen atoms in total. The normalized spacial score (nSPS) is 34.2. The van der Waals surface area contributed by atoms with Crippen molar-refractivity contribution in [3.05, 3.63) is 12.7 Å². The number of rotatable bonds is 6. The second-order valence-corrected chi connectivity index (χ2v) is 7.22. The van der Waals surface area contributed by atoms with Crippen molar-refractivity contribution in [1.82, 2.24) is 0 Å². The molecule has 20 heavy (non-hydrogen) atoms. The van der Waals surface area contributed by atoms with Gasteiger partial charge >= 0.3 is 0 Å². The van der Waals surface area contributed by atoms with Crippen LogP contribution in [0.4, 0.5) is 0 Å². The zero-order valence-corrected chi connectivity index (χ0v) is 13.1. The van der Waals surface area contributed by atoms with Gasteiger partial charge in [0.25, 0.3) is 0 Å². The fourth-order valence-corrected chi connectivity index (χ4v) is 4.66. The zero-order chi connectivity index (χ0) is 13.5. The molecule has 0 aromatic rings. The minimum atomic E-state index is 0. The Hall–Kier alpha value is -0.260. The van der Waals surface area contributed by atoms with Crippen molar-refractivity contribution in [2.24, 2.45) is 23.7 Å². The van der Waals surface area contributed by atoms with Gasteiger partial charge in [-0.15, -0.1) is 6.58 Å².